The van der Waals surface area contributed by atoms with Gasteiger partial charge in [0.15, 0.2) is 11.6 Å². The van der Waals surface area contributed by atoms with Crippen molar-refractivity contribution in [3.8, 4) is 0 Å². The number of rotatable bonds is 3. The monoisotopic (exact) mass is 237 g/mol. The zero-order chi connectivity index (χ0) is 12.5. The fourth-order valence-electron chi connectivity index (χ4n) is 2.31. The largest absolute Gasteiger partial charge is 0.354 e. The van der Waals surface area contributed by atoms with E-state index in [9.17, 15) is 4.39 Å². The van der Waals surface area contributed by atoms with Crippen molar-refractivity contribution in [2.24, 2.45) is 5.41 Å². The van der Waals surface area contributed by atoms with Crippen molar-refractivity contribution < 1.29 is 4.39 Å². The first-order valence-corrected chi connectivity index (χ1v) is 6.06. The molecule has 0 amide bonds. The summed E-state index contributed by atoms with van der Waals surface area (Å²) in [5, 5.41) is 2.97. The van der Waals surface area contributed by atoms with E-state index >= 15 is 0 Å². The SMILES string of the molecule is CNCc1ccnc(N2CCC(C)(C)C2)c1F. The second kappa shape index (κ2) is 4.61. The van der Waals surface area contributed by atoms with Gasteiger partial charge < -0.3 is 10.2 Å². The van der Waals surface area contributed by atoms with E-state index in [1.807, 2.05) is 7.05 Å². The summed E-state index contributed by atoms with van der Waals surface area (Å²) in [6.45, 7) is 6.73. The van der Waals surface area contributed by atoms with Crippen molar-refractivity contribution >= 4 is 5.82 Å². The number of aromatic nitrogens is 1. The van der Waals surface area contributed by atoms with Gasteiger partial charge in [0.25, 0.3) is 0 Å². The van der Waals surface area contributed by atoms with E-state index < -0.39 is 0 Å². The molecule has 0 radical (unpaired) electrons. The molecule has 0 aromatic carbocycles. The van der Waals surface area contributed by atoms with E-state index in [0.717, 1.165) is 19.5 Å². The number of halogens is 1. The maximum absolute atomic E-state index is 14.2. The Bertz CT molecular complexity index is 404. The molecule has 3 nitrogen and oxygen atoms in total. The molecule has 2 heterocycles. The zero-order valence-corrected chi connectivity index (χ0v) is 10.8. The first kappa shape index (κ1) is 12.3. The Balaban J connectivity index is 2.24. The van der Waals surface area contributed by atoms with Gasteiger partial charge in [0.1, 0.15) is 0 Å². The summed E-state index contributed by atoms with van der Waals surface area (Å²) in [6.07, 6.45) is 2.78. The Morgan fingerprint density at radius 3 is 2.88 bits per heavy atom. The highest BCUT2D eigenvalue weighted by molar-refractivity contribution is 5.44. The van der Waals surface area contributed by atoms with Crippen LogP contribution in [-0.2, 0) is 6.54 Å². The van der Waals surface area contributed by atoms with E-state index in [2.05, 4.69) is 29.0 Å². The van der Waals surface area contributed by atoms with Crippen molar-refractivity contribution in [2.45, 2.75) is 26.8 Å². The summed E-state index contributed by atoms with van der Waals surface area (Å²) in [4.78, 5) is 6.24. The summed E-state index contributed by atoms with van der Waals surface area (Å²) >= 11 is 0. The van der Waals surface area contributed by atoms with Gasteiger partial charge in [-0.15, -0.1) is 0 Å². The molecule has 1 fully saturated rings. The highest BCUT2D eigenvalue weighted by atomic mass is 19.1. The van der Waals surface area contributed by atoms with Crippen LogP contribution in [0, 0.1) is 11.2 Å². The molecule has 0 bridgehead atoms. The minimum Gasteiger partial charge on any atom is -0.354 e. The predicted octanol–water partition coefficient (Wildman–Crippen LogP) is 2.18. The first-order chi connectivity index (χ1) is 8.03. The Morgan fingerprint density at radius 2 is 2.29 bits per heavy atom. The van der Waals surface area contributed by atoms with Crippen molar-refractivity contribution in [2.75, 3.05) is 25.0 Å². The fourth-order valence-corrected chi connectivity index (χ4v) is 2.31. The van der Waals surface area contributed by atoms with E-state index in [1.165, 1.54) is 0 Å². The highest BCUT2D eigenvalue weighted by Gasteiger charge is 2.31. The average molecular weight is 237 g/mol. The Kier molecular flexibility index (Phi) is 3.33. The fraction of sp³-hybridized carbons (Fsp3) is 0.615. The molecule has 1 aliphatic heterocycles. The van der Waals surface area contributed by atoms with Gasteiger partial charge in [-0.2, -0.15) is 0 Å². The van der Waals surface area contributed by atoms with Crippen molar-refractivity contribution in [3.63, 3.8) is 0 Å². The van der Waals surface area contributed by atoms with Crippen LogP contribution in [0.4, 0.5) is 10.2 Å². The lowest BCUT2D eigenvalue weighted by Gasteiger charge is -2.21. The third-order valence-electron chi connectivity index (χ3n) is 3.29. The van der Waals surface area contributed by atoms with Crippen LogP contribution in [0.15, 0.2) is 12.3 Å². The van der Waals surface area contributed by atoms with Gasteiger partial charge in [-0.3, -0.25) is 0 Å². The van der Waals surface area contributed by atoms with Crippen LogP contribution >= 0.6 is 0 Å². The third-order valence-corrected chi connectivity index (χ3v) is 3.29. The molecule has 4 heteroatoms. The lowest BCUT2D eigenvalue weighted by atomic mass is 9.93. The van der Waals surface area contributed by atoms with E-state index in [0.29, 0.717) is 17.9 Å². The van der Waals surface area contributed by atoms with Crippen LogP contribution in [0.25, 0.3) is 0 Å². The van der Waals surface area contributed by atoms with E-state index in [-0.39, 0.29) is 11.2 Å². The Labute approximate surface area is 102 Å². The molecule has 1 aliphatic rings. The molecule has 0 spiro atoms. The van der Waals surface area contributed by atoms with Crippen molar-refractivity contribution in [3.05, 3.63) is 23.6 Å². The molecule has 1 N–H and O–H groups in total. The second-order valence-electron chi connectivity index (χ2n) is 5.47. The van der Waals surface area contributed by atoms with Crippen LogP contribution < -0.4 is 10.2 Å². The molecule has 0 aliphatic carbocycles. The van der Waals surface area contributed by atoms with Crippen LogP contribution in [0.5, 0.6) is 0 Å². The first-order valence-electron chi connectivity index (χ1n) is 6.06. The average Bonchev–Trinajstić information content (AvgIpc) is 2.62. The molecule has 1 aromatic rings. The van der Waals surface area contributed by atoms with Gasteiger partial charge in [-0.25, -0.2) is 9.37 Å². The Hall–Kier alpha value is -1.16. The molecule has 0 atom stereocenters. The standard InChI is InChI=1S/C13H20FN3/c1-13(2)5-7-17(9-13)12-11(14)10(8-15-3)4-6-16-12/h4,6,15H,5,7-9H2,1-3H3. The number of hydrogen-bond acceptors (Lipinski definition) is 3. The van der Waals surface area contributed by atoms with Crippen LogP contribution in [0.1, 0.15) is 25.8 Å². The maximum atomic E-state index is 14.2. The molecule has 2 rings (SSSR count). The van der Waals surface area contributed by atoms with Crippen molar-refractivity contribution in [1.82, 2.24) is 10.3 Å². The van der Waals surface area contributed by atoms with Gasteiger partial charge in [-0.1, -0.05) is 13.8 Å². The third kappa shape index (κ3) is 2.57. The quantitative estimate of drug-likeness (QED) is 0.873. The number of nitrogens with zero attached hydrogens (tertiary/aromatic N) is 2. The summed E-state index contributed by atoms with van der Waals surface area (Å²) in [5.74, 6) is 0.322. The van der Waals surface area contributed by atoms with Gasteiger partial charge in [0, 0.05) is 31.4 Å². The summed E-state index contributed by atoms with van der Waals surface area (Å²) < 4.78 is 14.2. The smallest absolute Gasteiger partial charge is 0.170 e. The molecule has 94 valence electrons. The second-order valence-corrected chi connectivity index (χ2v) is 5.47. The van der Waals surface area contributed by atoms with Gasteiger partial charge in [0.2, 0.25) is 0 Å². The highest BCUT2D eigenvalue weighted by Crippen LogP contribution is 2.33. The number of hydrogen-bond donors (Lipinski definition) is 1. The minimum absolute atomic E-state index is 0.181. The van der Waals surface area contributed by atoms with Gasteiger partial charge in [-0.05, 0) is 24.9 Å². The number of pyridine rings is 1. The van der Waals surface area contributed by atoms with Gasteiger partial charge in [0.05, 0.1) is 0 Å². The minimum atomic E-state index is -0.181. The lowest BCUT2D eigenvalue weighted by molar-refractivity contribution is 0.418. The molecule has 0 saturated carbocycles. The summed E-state index contributed by atoms with van der Waals surface area (Å²) in [7, 11) is 1.82. The number of anilines is 1. The maximum Gasteiger partial charge on any atom is 0.170 e. The normalized spacial score (nSPS) is 18.7. The molecular formula is C13H20FN3. The zero-order valence-electron chi connectivity index (χ0n) is 10.8. The predicted molar refractivity (Wildman–Crippen MR) is 67.6 cm³/mol. The molecule has 17 heavy (non-hydrogen) atoms. The molecular weight excluding hydrogens is 217 g/mol. The topological polar surface area (TPSA) is 28.2 Å². The van der Waals surface area contributed by atoms with Crippen LogP contribution in [0.2, 0.25) is 0 Å². The molecule has 0 unspecified atom stereocenters. The lowest BCUT2D eigenvalue weighted by Crippen LogP contribution is -2.25. The number of nitrogens with one attached hydrogen (secondary N) is 1. The van der Waals surface area contributed by atoms with Crippen LogP contribution in [0.3, 0.4) is 0 Å². The molecule has 1 aromatic heterocycles. The van der Waals surface area contributed by atoms with Gasteiger partial charge >= 0.3 is 0 Å². The van der Waals surface area contributed by atoms with E-state index in [1.54, 1.807) is 12.3 Å². The van der Waals surface area contributed by atoms with Crippen molar-refractivity contribution in [1.29, 1.82) is 0 Å². The summed E-state index contributed by atoms with van der Waals surface area (Å²) in [6, 6.07) is 1.73. The molecule has 1 saturated heterocycles. The Morgan fingerprint density at radius 1 is 1.53 bits per heavy atom. The summed E-state index contributed by atoms with van der Waals surface area (Å²) in [5.41, 5.74) is 0.940. The van der Waals surface area contributed by atoms with E-state index in [4.69, 9.17) is 0 Å². The van der Waals surface area contributed by atoms with Crippen LogP contribution in [-0.4, -0.2) is 25.1 Å².